The summed E-state index contributed by atoms with van der Waals surface area (Å²) in [5.41, 5.74) is 1.61. The Morgan fingerprint density at radius 2 is 2.08 bits per heavy atom. The van der Waals surface area contributed by atoms with Crippen LogP contribution in [0.15, 0.2) is 52.3 Å². The van der Waals surface area contributed by atoms with Gasteiger partial charge in [0.1, 0.15) is 5.03 Å². The van der Waals surface area contributed by atoms with E-state index in [0.29, 0.717) is 29.2 Å². The minimum Gasteiger partial charge on any atom is -0.350 e. The van der Waals surface area contributed by atoms with Gasteiger partial charge in [0.25, 0.3) is 0 Å². The summed E-state index contributed by atoms with van der Waals surface area (Å²) in [6.45, 7) is 0.408. The van der Waals surface area contributed by atoms with Crippen LogP contribution in [0.25, 0.3) is 11.4 Å². The normalized spacial score (nSPS) is 13.5. The largest absolute Gasteiger partial charge is 0.350 e. The zero-order valence-electron chi connectivity index (χ0n) is 14.0. The predicted octanol–water partition coefficient (Wildman–Crippen LogP) is 2.81. The number of rotatable bonds is 7. The van der Waals surface area contributed by atoms with Gasteiger partial charge in [-0.25, -0.2) is 4.98 Å². The average molecular weight is 367 g/mol. The van der Waals surface area contributed by atoms with E-state index in [0.717, 1.165) is 24.1 Å². The Morgan fingerprint density at radius 3 is 2.88 bits per heavy atom. The van der Waals surface area contributed by atoms with Crippen LogP contribution in [0.3, 0.4) is 0 Å². The van der Waals surface area contributed by atoms with Crippen molar-refractivity contribution in [2.75, 3.05) is 5.75 Å². The molecule has 1 fully saturated rings. The molecule has 3 aromatic heterocycles. The molecule has 1 N–H and O–H groups in total. The second-order valence-corrected chi connectivity index (χ2v) is 6.94. The summed E-state index contributed by atoms with van der Waals surface area (Å²) in [6, 6.07) is 9.33. The van der Waals surface area contributed by atoms with Crippen molar-refractivity contribution >= 4 is 17.7 Å². The first-order valence-electron chi connectivity index (χ1n) is 8.38. The Kier molecular flexibility index (Phi) is 4.92. The highest BCUT2D eigenvalue weighted by Gasteiger charge is 2.30. The molecule has 0 radical (unpaired) electrons. The molecule has 1 amide bonds. The molecule has 1 aliphatic carbocycles. The maximum Gasteiger partial charge on any atom is 0.230 e. The van der Waals surface area contributed by atoms with E-state index in [2.05, 4.69) is 25.4 Å². The predicted molar refractivity (Wildman–Crippen MR) is 96.3 cm³/mol. The van der Waals surface area contributed by atoms with Crippen molar-refractivity contribution in [1.29, 1.82) is 0 Å². The quantitative estimate of drug-likeness (QED) is 0.642. The van der Waals surface area contributed by atoms with E-state index in [9.17, 15) is 4.79 Å². The minimum absolute atomic E-state index is 0.0796. The maximum absolute atomic E-state index is 12.1. The fourth-order valence-corrected chi connectivity index (χ4v) is 3.21. The average Bonchev–Trinajstić information content (AvgIpc) is 3.43. The van der Waals surface area contributed by atoms with Gasteiger partial charge in [-0.1, -0.05) is 23.0 Å². The standard InChI is InChI=1S/C18H17N5O2S/c24-15(21-10-13-4-1-2-8-19-13)11-26-18-14(5-3-9-20-18)16-22-17(25-23-16)12-6-7-12/h1-5,8-9,12H,6-7,10-11H2,(H,21,24). The third-order valence-corrected chi connectivity index (χ3v) is 4.92. The lowest BCUT2D eigenvalue weighted by molar-refractivity contribution is -0.118. The number of nitrogens with one attached hydrogen (secondary N) is 1. The summed E-state index contributed by atoms with van der Waals surface area (Å²) in [7, 11) is 0. The molecule has 3 aromatic rings. The molecule has 7 nitrogen and oxygen atoms in total. The molecule has 0 atom stereocenters. The number of nitrogens with zero attached hydrogens (tertiary/aromatic N) is 4. The molecule has 0 unspecified atom stereocenters. The lowest BCUT2D eigenvalue weighted by Gasteiger charge is -2.06. The first-order valence-corrected chi connectivity index (χ1v) is 9.36. The van der Waals surface area contributed by atoms with E-state index in [1.165, 1.54) is 11.8 Å². The lowest BCUT2D eigenvalue weighted by Crippen LogP contribution is -2.25. The molecule has 132 valence electrons. The number of amides is 1. The number of thioether (sulfide) groups is 1. The fraction of sp³-hybridized carbons (Fsp3) is 0.278. The van der Waals surface area contributed by atoms with Crippen LogP contribution in [-0.4, -0.2) is 31.8 Å². The van der Waals surface area contributed by atoms with E-state index >= 15 is 0 Å². The molecule has 4 rings (SSSR count). The third kappa shape index (κ3) is 4.08. The van der Waals surface area contributed by atoms with Crippen molar-refractivity contribution in [3.8, 4) is 11.4 Å². The second-order valence-electron chi connectivity index (χ2n) is 5.97. The van der Waals surface area contributed by atoms with Gasteiger partial charge in [0.15, 0.2) is 0 Å². The summed E-state index contributed by atoms with van der Waals surface area (Å²) >= 11 is 1.35. The van der Waals surface area contributed by atoms with Crippen LogP contribution in [0.2, 0.25) is 0 Å². The molecule has 3 heterocycles. The Balaban J connectivity index is 1.37. The van der Waals surface area contributed by atoms with Crippen LogP contribution >= 0.6 is 11.8 Å². The Hall–Kier alpha value is -2.74. The molecule has 1 aliphatic rings. The van der Waals surface area contributed by atoms with Crippen LogP contribution in [-0.2, 0) is 11.3 Å². The zero-order chi connectivity index (χ0) is 17.8. The van der Waals surface area contributed by atoms with Gasteiger partial charge >= 0.3 is 0 Å². The summed E-state index contributed by atoms with van der Waals surface area (Å²) in [6.07, 6.45) is 5.61. The molecule has 8 heteroatoms. The Morgan fingerprint density at radius 1 is 1.19 bits per heavy atom. The van der Waals surface area contributed by atoms with Gasteiger partial charge in [0.2, 0.25) is 17.6 Å². The fourth-order valence-electron chi connectivity index (χ4n) is 2.39. The van der Waals surface area contributed by atoms with Gasteiger partial charge in [-0.3, -0.25) is 9.78 Å². The summed E-state index contributed by atoms with van der Waals surface area (Å²) < 4.78 is 5.33. The highest BCUT2D eigenvalue weighted by Crippen LogP contribution is 2.40. The lowest BCUT2D eigenvalue weighted by atomic mass is 10.3. The number of pyridine rings is 2. The summed E-state index contributed by atoms with van der Waals surface area (Å²) in [5, 5.41) is 7.63. The minimum atomic E-state index is -0.0796. The van der Waals surface area contributed by atoms with Crippen molar-refractivity contribution in [2.45, 2.75) is 30.3 Å². The van der Waals surface area contributed by atoms with Crippen LogP contribution in [0.1, 0.15) is 30.3 Å². The molecular formula is C18H17N5O2S. The molecule has 0 spiro atoms. The van der Waals surface area contributed by atoms with Crippen molar-refractivity contribution in [2.24, 2.45) is 0 Å². The van der Waals surface area contributed by atoms with Crippen LogP contribution in [0.4, 0.5) is 0 Å². The number of carbonyl (C=O) groups excluding carboxylic acids is 1. The van der Waals surface area contributed by atoms with E-state index in [4.69, 9.17) is 4.52 Å². The maximum atomic E-state index is 12.1. The van der Waals surface area contributed by atoms with E-state index < -0.39 is 0 Å². The van der Waals surface area contributed by atoms with Gasteiger partial charge in [-0.2, -0.15) is 4.98 Å². The molecule has 0 saturated heterocycles. The first kappa shape index (κ1) is 16.7. The van der Waals surface area contributed by atoms with Crippen LogP contribution < -0.4 is 5.32 Å². The molecule has 0 aromatic carbocycles. The highest BCUT2D eigenvalue weighted by molar-refractivity contribution is 8.00. The summed E-state index contributed by atoms with van der Waals surface area (Å²) in [4.78, 5) is 25.1. The molecule has 1 saturated carbocycles. The topological polar surface area (TPSA) is 93.8 Å². The van der Waals surface area contributed by atoms with Crippen LogP contribution in [0, 0.1) is 0 Å². The third-order valence-electron chi connectivity index (χ3n) is 3.91. The number of carbonyl (C=O) groups is 1. The van der Waals surface area contributed by atoms with Crippen molar-refractivity contribution in [1.82, 2.24) is 25.4 Å². The second kappa shape index (κ2) is 7.65. The van der Waals surface area contributed by atoms with Gasteiger partial charge < -0.3 is 9.84 Å². The van der Waals surface area contributed by atoms with Crippen molar-refractivity contribution in [3.05, 3.63) is 54.3 Å². The van der Waals surface area contributed by atoms with Crippen LogP contribution in [0.5, 0.6) is 0 Å². The van der Waals surface area contributed by atoms with E-state index in [-0.39, 0.29) is 11.7 Å². The van der Waals surface area contributed by atoms with Gasteiger partial charge in [0.05, 0.1) is 23.6 Å². The zero-order valence-corrected chi connectivity index (χ0v) is 14.8. The number of hydrogen-bond donors (Lipinski definition) is 1. The Bertz CT molecular complexity index is 895. The SMILES string of the molecule is O=C(CSc1ncccc1-c1noc(C2CC2)n1)NCc1ccccn1. The molecule has 0 aliphatic heterocycles. The molecule has 26 heavy (non-hydrogen) atoms. The van der Waals surface area contributed by atoms with Gasteiger partial charge in [-0.15, -0.1) is 0 Å². The van der Waals surface area contributed by atoms with Crippen molar-refractivity contribution < 1.29 is 9.32 Å². The van der Waals surface area contributed by atoms with E-state index in [1.54, 1.807) is 12.4 Å². The summed E-state index contributed by atoms with van der Waals surface area (Å²) in [5.74, 6) is 1.79. The van der Waals surface area contributed by atoms with Gasteiger partial charge in [0, 0.05) is 18.3 Å². The number of hydrogen-bond acceptors (Lipinski definition) is 7. The van der Waals surface area contributed by atoms with Gasteiger partial charge in [-0.05, 0) is 37.1 Å². The highest BCUT2D eigenvalue weighted by atomic mass is 32.2. The smallest absolute Gasteiger partial charge is 0.230 e. The van der Waals surface area contributed by atoms with Crippen molar-refractivity contribution in [3.63, 3.8) is 0 Å². The number of aromatic nitrogens is 4. The first-order chi connectivity index (χ1) is 12.8. The molecule has 0 bridgehead atoms. The Labute approximate surface area is 154 Å². The molecular weight excluding hydrogens is 350 g/mol. The van der Waals surface area contributed by atoms with E-state index in [1.807, 2.05) is 30.3 Å². The monoisotopic (exact) mass is 367 g/mol.